The molecule has 0 fully saturated rings. The third-order valence-electron chi connectivity index (χ3n) is 2.24. The predicted molar refractivity (Wildman–Crippen MR) is 69.9 cm³/mol. The van der Waals surface area contributed by atoms with Crippen LogP contribution in [0.3, 0.4) is 0 Å². The number of urea groups is 1. The number of para-hydroxylation sites is 1. The molecule has 18 heavy (non-hydrogen) atoms. The highest BCUT2D eigenvalue weighted by Gasteiger charge is 2.10. The van der Waals surface area contributed by atoms with E-state index in [1.165, 1.54) is 6.07 Å². The number of hydrogen-bond donors (Lipinski definition) is 3. The van der Waals surface area contributed by atoms with Gasteiger partial charge in [-0.25, -0.2) is 9.59 Å². The van der Waals surface area contributed by atoms with Crippen LogP contribution in [0.25, 0.3) is 0 Å². The quantitative estimate of drug-likeness (QED) is 0.553. The molecule has 5 heteroatoms. The maximum atomic E-state index is 11.5. The molecule has 0 atom stereocenters. The number of hydrogen-bond acceptors (Lipinski definition) is 2. The topological polar surface area (TPSA) is 78.4 Å². The first kappa shape index (κ1) is 13.8. The van der Waals surface area contributed by atoms with Crippen LogP contribution in [0.1, 0.15) is 23.7 Å². The average Bonchev–Trinajstić information content (AvgIpc) is 2.35. The summed E-state index contributed by atoms with van der Waals surface area (Å²) < 4.78 is 0. The van der Waals surface area contributed by atoms with E-state index in [0.717, 1.165) is 6.42 Å². The molecule has 0 aliphatic carbocycles. The molecular formula is C13H16N2O3. The van der Waals surface area contributed by atoms with Gasteiger partial charge in [-0.2, -0.15) is 0 Å². The van der Waals surface area contributed by atoms with Crippen molar-refractivity contribution in [1.29, 1.82) is 0 Å². The van der Waals surface area contributed by atoms with Crippen molar-refractivity contribution in [2.45, 2.75) is 13.3 Å². The van der Waals surface area contributed by atoms with E-state index in [1.54, 1.807) is 18.2 Å². The molecule has 0 aliphatic rings. The number of benzene rings is 1. The highest BCUT2D eigenvalue weighted by molar-refractivity contribution is 5.99. The van der Waals surface area contributed by atoms with Crippen LogP contribution >= 0.6 is 0 Å². The Morgan fingerprint density at radius 2 is 2.06 bits per heavy atom. The summed E-state index contributed by atoms with van der Waals surface area (Å²) in [5, 5.41) is 14.1. The Hall–Kier alpha value is -2.30. The van der Waals surface area contributed by atoms with Gasteiger partial charge in [0.1, 0.15) is 0 Å². The number of carbonyl (C=O) groups excluding carboxylic acids is 1. The molecule has 2 amide bonds. The molecule has 0 aliphatic heterocycles. The Morgan fingerprint density at radius 3 is 2.72 bits per heavy atom. The summed E-state index contributed by atoms with van der Waals surface area (Å²) in [6.07, 6.45) is 4.58. The second kappa shape index (κ2) is 7.11. The van der Waals surface area contributed by atoms with Gasteiger partial charge >= 0.3 is 12.0 Å². The van der Waals surface area contributed by atoms with Crippen LogP contribution in [0.5, 0.6) is 0 Å². The number of carboxylic acids is 1. The van der Waals surface area contributed by atoms with E-state index < -0.39 is 12.0 Å². The lowest BCUT2D eigenvalue weighted by Crippen LogP contribution is -2.29. The SMILES string of the molecule is C/C=C/CCNC(=O)Nc1ccccc1C(=O)O. The van der Waals surface area contributed by atoms with Gasteiger partial charge in [0.05, 0.1) is 11.3 Å². The van der Waals surface area contributed by atoms with Gasteiger partial charge in [-0.05, 0) is 25.5 Å². The molecule has 1 aromatic carbocycles. The molecule has 0 saturated carbocycles. The smallest absolute Gasteiger partial charge is 0.337 e. The minimum Gasteiger partial charge on any atom is -0.478 e. The summed E-state index contributed by atoms with van der Waals surface area (Å²) in [4.78, 5) is 22.4. The number of carboxylic acid groups (broad SMARTS) is 1. The van der Waals surface area contributed by atoms with Crippen molar-refractivity contribution in [3.63, 3.8) is 0 Å². The largest absolute Gasteiger partial charge is 0.478 e. The van der Waals surface area contributed by atoms with Crippen molar-refractivity contribution in [3.05, 3.63) is 42.0 Å². The Bertz CT molecular complexity index is 455. The number of allylic oxidation sites excluding steroid dienone is 1. The molecule has 0 spiro atoms. The van der Waals surface area contributed by atoms with Gasteiger partial charge in [0.25, 0.3) is 0 Å². The van der Waals surface area contributed by atoms with Gasteiger partial charge in [-0.3, -0.25) is 0 Å². The van der Waals surface area contributed by atoms with Crippen LogP contribution < -0.4 is 10.6 Å². The average molecular weight is 248 g/mol. The van der Waals surface area contributed by atoms with Gasteiger partial charge < -0.3 is 15.7 Å². The Balaban J connectivity index is 2.56. The number of aromatic carboxylic acids is 1. The Kier molecular flexibility index (Phi) is 5.44. The first-order valence-electron chi connectivity index (χ1n) is 5.63. The van der Waals surface area contributed by atoms with Crippen molar-refractivity contribution in [1.82, 2.24) is 5.32 Å². The predicted octanol–water partition coefficient (Wildman–Crippen LogP) is 2.47. The molecule has 1 rings (SSSR count). The molecule has 0 radical (unpaired) electrons. The second-order valence-electron chi connectivity index (χ2n) is 3.59. The Morgan fingerprint density at radius 1 is 1.33 bits per heavy atom. The fraction of sp³-hybridized carbons (Fsp3) is 0.231. The van der Waals surface area contributed by atoms with Crippen LogP contribution in [0.4, 0.5) is 10.5 Å². The van der Waals surface area contributed by atoms with Crippen molar-refractivity contribution in [2.24, 2.45) is 0 Å². The Labute approximate surface area is 106 Å². The van der Waals surface area contributed by atoms with Gasteiger partial charge in [-0.15, -0.1) is 0 Å². The lowest BCUT2D eigenvalue weighted by atomic mass is 10.2. The highest BCUT2D eigenvalue weighted by Crippen LogP contribution is 2.14. The van der Waals surface area contributed by atoms with Crippen LogP contribution in [0.15, 0.2) is 36.4 Å². The maximum Gasteiger partial charge on any atom is 0.337 e. The zero-order valence-corrected chi connectivity index (χ0v) is 10.1. The first-order chi connectivity index (χ1) is 8.65. The number of nitrogens with one attached hydrogen (secondary N) is 2. The summed E-state index contributed by atoms with van der Waals surface area (Å²) in [7, 11) is 0. The second-order valence-corrected chi connectivity index (χ2v) is 3.59. The molecule has 1 aromatic rings. The van der Waals surface area contributed by atoms with Crippen LogP contribution in [0, 0.1) is 0 Å². The first-order valence-corrected chi connectivity index (χ1v) is 5.63. The summed E-state index contributed by atoms with van der Waals surface area (Å²) >= 11 is 0. The third kappa shape index (κ3) is 4.29. The lowest BCUT2D eigenvalue weighted by Gasteiger charge is -2.08. The van der Waals surface area contributed by atoms with Crippen molar-refractivity contribution in [2.75, 3.05) is 11.9 Å². The fourth-order valence-corrected chi connectivity index (χ4v) is 1.38. The summed E-state index contributed by atoms with van der Waals surface area (Å²) in [5.74, 6) is -1.07. The molecule has 5 nitrogen and oxygen atoms in total. The van der Waals surface area contributed by atoms with Crippen molar-refractivity contribution in [3.8, 4) is 0 Å². The van der Waals surface area contributed by atoms with Crippen LogP contribution in [-0.2, 0) is 0 Å². The van der Waals surface area contributed by atoms with Crippen molar-refractivity contribution >= 4 is 17.7 Å². The minimum absolute atomic E-state index is 0.0705. The van der Waals surface area contributed by atoms with E-state index >= 15 is 0 Å². The van der Waals surface area contributed by atoms with E-state index in [2.05, 4.69) is 10.6 Å². The lowest BCUT2D eigenvalue weighted by molar-refractivity contribution is 0.0698. The normalized spacial score (nSPS) is 10.3. The standard InChI is InChI=1S/C13H16N2O3/c1-2-3-6-9-14-13(18)15-11-8-5-4-7-10(11)12(16)17/h2-5,7-8H,6,9H2,1H3,(H,16,17)(H2,14,15,18)/b3-2+. The highest BCUT2D eigenvalue weighted by atomic mass is 16.4. The molecule has 0 aromatic heterocycles. The number of amides is 2. The van der Waals surface area contributed by atoms with Gasteiger partial charge in [-0.1, -0.05) is 24.3 Å². The molecular weight excluding hydrogens is 232 g/mol. The van der Waals surface area contributed by atoms with E-state index in [0.29, 0.717) is 6.54 Å². The molecule has 0 unspecified atom stereocenters. The number of anilines is 1. The fourth-order valence-electron chi connectivity index (χ4n) is 1.38. The van der Waals surface area contributed by atoms with Crippen LogP contribution in [-0.4, -0.2) is 23.7 Å². The maximum absolute atomic E-state index is 11.5. The molecule has 0 saturated heterocycles. The minimum atomic E-state index is -1.07. The van der Waals surface area contributed by atoms with Gasteiger partial charge in [0, 0.05) is 6.54 Å². The van der Waals surface area contributed by atoms with E-state index in [4.69, 9.17) is 5.11 Å². The summed E-state index contributed by atoms with van der Waals surface area (Å²) in [5.41, 5.74) is 0.356. The number of carbonyl (C=O) groups is 2. The zero-order valence-electron chi connectivity index (χ0n) is 10.1. The monoisotopic (exact) mass is 248 g/mol. The van der Waals surface area contributed by atoms with E-state index in [9.17, 15) is 9.59 Å². The zero-order chi connectivity index (χ0) is 13.4. The van der Waals surface area contributed by atoms with Crippen molar-refractivity contribution < 1.29 is 14.7 Å². The van der Waals surface area contributed by atoms with Crippen LogP contribution in [0.2, 0.25) is 0 Å². The van der Waals surface area contributed by atoms with Gasteiger partial charge in [0.15, 0.2) is 0 Å². The molecule has 0 heterocycles. The molecule has 96 valence electrons. The van der Waals surface area contributed by atoms with E-state index in [1.807, 2.05) is 19.1 Å². The summed E-state index contributed by atoms with van der Waals surface area (Å²) in [6, 6.07) is 5.86. The molecule has 0 bridgehead atoms. The number of rotatable bonds is 5. The summed E-state index contributed by atoms with van der Waals surface area (Å²) in [6.45, 7) is 2.41. The van der Waals surface area contributed by atoms with Gasteiger partial charge in [0.2, 0.25) is 0 Å². The molecule has 3 N–H and O–H groups in total. The third-order valence-corrected chi connectivity index (χ3v) is 2.24. The van der Waals surface area contributed by atoms with E-state index in [-0.39, 0.29) is 11.3 Å².